The Hall–Kier alpha value is -1.97. The molecule has 1 aromatic carbocycles. The van der Waals surface area contributed by atoms with Gasteiger partial charge in [-0.1, -0.05) is 0 Å². The summed E-state index contributed by atoms with van der Waals surface area (Å²) in [6.45, 7) is 0. The van der Waals surface area contributed by atoms with E-state index in [1.165, 1.54) is 0 Å². The highest BCUT2D eigenvalue weighted by molar-refractivity contribution is 5.92. The first-order valence-corrected chi connectivity index (χ1v) is 4.77. The van der Waals surface area contributed by atoms with Gasteiger partial charge in [-0.25, -0.2) is 4.79 Å². The van der Waals surface area contributed by atoms with Crippen molar-refractivity contribution in [1.82, 2.24) is 9.88 Å². The minimum atomic E-state index is -0.123. The third-order valence-electron chi connectivity index (χ3n) is 2.41. The number of nitrogens with zero attached hydrogens (tertiary/aromatic N) is 1. The molecule has 78 valence electrons. The standard InChI is InChI=1S/C11H13N3O/c1-12-9-3-4-10-8(7-9)5-6-14(10)11(15)13-2/h3-7,12H,1-2H3,(H,13,15). The summed E-state index contributed by atoms with van der Waals surface area (Å²) < 4.78 is 1.59. The van der Waals surface area contributed by atoms with E-state index in [1.54, 1.807) is 17.8 Å². The van der Waals surface area contributed by atoms with Crippen LogP contribution in [-0.4, -0.2) is 24.7 Å². The van der Waals surface area contributed by atoms with Crippen molar-refractivity contribution in [3.05, 3.63) is 30.5 Å². The Kier molecular flexibility index (Phi) is 2.33. The Balaban J connectivity index is 2.57. The molecule has 0 saturated carbocycles. The SMILES string of the molecule is CNC(=O)n1ccc2cc(NC)ccc21. The molecule has 0 fully saturated rings. The summed E-state index contributed by atoms with van der Waals surface area (Å²) in [5.41, 5.74) is 1.95. The van der Waals surface area contributed by atoms with E-state index < -0.39 is 0 Å². The Bertz CT molecular complexity index is 502. The summed E-state index contributed by atoms with van der Waals surface area (Å²) in [6.07, 6.45) is 1.77. The van der Waals surface area contributed by atoms with Crippen LogP contribution in [0.15, 0.2) is 30.5 Å². The van der Waals surface area contributed by atoms with Crippen LogP contribution in [0.25, 0.3) is 10.9 Å². The molecule has 4 heteroatoms. The van der Waals surface area contributed by atoms with Crippen LogP contribution in [0.2, 0.25) is 0 Å². The molecular formula is C11H13N3O. The Morgan fingerprint density at radius 2 is 2.07 bits per heavy atom. The lowest BCUT2D eigenvalue weighted by Gasteiger charge is -2.03. The van der Waals surface area contributed by atoms with E-state index in [1.807, 2.05) is 31.3 Å². The molecule has 2 N–H and O–H groups in total. The van der Waals surface area contributed by atoms with Gasteiger partial charge < -0.3 is 10.6 Å². The molecule has 0 saturated heterocycles. The number of rotatable bonds is 1. The van der Waals surface area contributed by atoms with E-state index in [0.717, 1.165) is 16.6 Å². The smallest absolute Gasteiger partial charge is 0.325 e. The van der Waals surface area contributed by atoms with Crippen molar-refractivity contribution < 1.29 is 4.79 Å². The lowest BCUT2D eigenvalue weighted by molar-refractivity contribution is 0.245. The molecule has 0 radical (unpaired) electrons. The van der Waals surface area contributed by atoms with E-state index in [4.69, 9.17) is 0 Å². The van der Waals surface area contributed by atoms with Crippen LogP contribution in [0.4, 0.5) is 10.5 Å². The van der Waals surface area contributed by atoms with Crippen molar-refractivity contribution in [2.75, 3.05) is 19.4 Å². The van der Waals surface area contributed by atoms with Gasteiger partial charge in [-0.15, -0.1) is 0 Å². The lowest BCUT2D eigenvalue weighted by atomic mass is 10.2. The summed E-state index contributed by atoms with van der Waals surface area (Å²) in [6, 6.07) is 7.68. The molecular weight excluding hydrogens is 190 g/mol. The summed E-state index contributed by atoms with van der Waals surface area (Å²) in [4.78, 5) is 11.5. The lowest BCUT2D eigenvalue weighted by Crippen LogP contribution is -2.23. The van der Waals surface area contributed by atoms with Crippen molar-refractivity contribution in [1.29, 1.82) is 0 Å². The summed E-state index contributed by atoms with van der Waals surface area (Å²) in [5, 5.41) is 6.70. The number of amides is 1. The van der Waals surface area contributed by atoms with Gasteiger partial charge in [0.2, 0.25) is 0 Å². The predicted octanol–water partition coefficient (Wildman–Crippen LogP) is 1.87. The van der Waals surface area contributed by atoms with Crippen molar-refractivity contribution >= 4 is 22.6 Å². The number of nitrogens with one attached hydrogen (secondary N) is 2. The Labute approximate surface area is 87.9 Å². The first-order valence-electron chi connectivity index (χ1n) is 4.77. The fourth-order valence-corrected chi connectivity index (χ4v) is 1.60. The molecule has 1 amide bonds. The van der Waals surface area contributed by atoms with Gasteiger partial charge in [0.05, 0.1) is 5.52 Å². The third kappa shape index (κ3) is 1.54. The van der Waals surface area contributed by atoms with Gasteiger partial charge in [0.1, 0.15) is 0 Å². The number of aromatic nitrogens is 1. The fraction of sp³-hybridized carbons (Fsp3) is 0.182. The van der Waals surface area contributed by atoms with Crippen LogP contribution in [0.1, 0.15) is 0 Å². The highest BCUT2D eigenvalue weighted by Crippen LogP contribution is 2.19. The largest absolute Gasteiger partial charge is 0.388 e. The van der Waals surface area contributed by atoms with E-state index in [-0.39, 0.29) is 6.03 Å². The van der Waals surface area contributed by atoms with Crippen molar-refractivity contribution in [2.45, 2.75) is 0 Å². The molecule has 0 aliphatic rings. The molecule has 0 bridgehead atoms. The molecule has 0 atom stereocenters. The minimum Gasteiger partial charge on any atom is -0.388 e. The number of fused-ring (bicyclic) bond motifs is 1. The second-order valence-electron chi connectivity index (χ2n) is 3.26. The first-order chi connectivity index (χ1) is 7.26. The second-order valence-corrected chi connectivity index (χ2v) is 3.26. The number of hydrogen-bond donors (Lipinski definition) is 2. The number of carbonyl (C=O) groups is 1. The Morgan fingerprint density at radius 1 is 1.27 bits per heavy atom. The molecule has 1 heterocycles. The number of benzene rings is 1. The molecule has 0 aliphatic heterocycles. The van der Waals surface area contributed by atoms with Crippen LogP contribution >= 0.6 is 0 Å². The van der Waals surface area contributed by atoms with Gasteiger partial charge in [0, 0.05) is 31.4 Å². The Morgan fingerprint density at radius 3 is 2.73 bits per heavy atom. The van der Waals surface area contributed by atoms with E-state index in [0.29, 0.717) is 0 Å². The van der Waals surface area contributed by atoms with Gasteiger partial charge in [0.25, 0.3) is 0 Å². The van der Waals surface area contributed by atoms with Crippen LogP contribution < -0.4 is 10.6 Å². The average Bonchev–Trinajstić information content (AvgIpc) is 2.70. The second kappa shape index (κ2) is 3.65. The normalized spacial score (nSPS) is 10.3. The zero-order chi connectivity index (χ0) is 10.8. The van der Waals surface area contributed by atoms with Gasteiger partial charge in [0.15, 0.2) is 0 Å². The van der Waals surface area contributed by atoms with Crippen LogP contribution in [-0.2, 0) is 0 Å². The summed E-state index contributed by atoms with van der Waals surface area (Å²) in [7, 11) is 3.49. The summed E-state index contributed by atoms with van der Waals surface area (Å²) >= 11 is 0. The van der Waals surface area contributed by atoms with Crippen LogP contribution in [0.5, 0.6) is 0 Å². The maximum absolute atomic E-state index is 11.5. The summed E-state index contributed by atoms with van der Waals surface area (Å²) in [5.74, 6) is 0. The van der Waals surface area contributed by atoms with Crippen LogP contribution in [0.3, 0.4) is 0 Å². The molecule has 0 aliphatic carbocycles. The minimum absolute atomic E-state index is 0.123. The van der Waals surface area contributed by atoms with E-state index in [2.05, 4.69) is 10.6 Å². The van der Waals surface area contributed by atoms with Crippen molar-refractivity contribution in [3.8, 4) is 0 Å². The van der Waals surface area contributed by atoms with E-state index in [9.17, 15) is 4.79 Å². The quantitative estimate of drug-likeness (QED) is 0.743. The monoisotopic (exact) mass is 203 g/mol. The predicted molar refractivity (Wildman–Crippen MR) is 61.3 cm³/mol. The van der Waals surface area contributed by atoms with Gasteiger partial charge >= 0.3 is 6.03 Å². The third-order valence-corrected chi connectivity index (χ3v) is 2.41. The zero-order valence-electron chi connectivity index (χ0n) is 8.74. The molecule has 2 rings (SSSR count). The molecule has 4 nitrogen and oxygen atoms in total. The van der Waals surface area contributed by atoms with Gasteiger partial charge in [-0.05, 0) is 24.3 Å². The van der Waals surface area contributed by atoms with Gasteiger partial charge in [-0.2, -0.15) is 0 Å². The van der Waals surface area contributed by atoms with Crippen LogP contribution in [0, 0.1) is 0 Å². The topological polar surface area (TPSA) is 46.1 Å². The van der Waals surface area contributed by atoms with E-state index >= 15 is 0 Å². The maximum Gasteiger partial charge on any atom is 0.325 e. The molecule has 2 aromatic rings. The molecule has 0 unspecified atom stereocenters. The number of anilines is 1. The number of carbonyl (C=O) groups excluding carboxylic acids is 1. The maximum atomic E-state index is 11.5. The first kappa shape index (κ1) is 9.58. The average molecular weight is 203 g/mol. The van der Waals surface area contributed by atoms with Crippen molar-refractivity contribution in [3.63, 3.8) is 0 Å². The highest BCUT2D eigenvalue weighted by Gasteiger charge is 2.06. The highest BCUT2D eigenvalue weighted by atomic mass is 16.2. The molecule has 1 aromatic heterocycles. The van der Waals surface area contributed by atoms with Gasteiger partial charge in [-0.3, -0.25) is 4.57 Å². The number of hydrogen-bond acceptors (Lipinski definition) is 2. The fourth-order valence-electron chi connectivity index (χ4n) is 1.60. The molecule has 15 heavy (non-hydrogen) atoms. The zero-order valence-corrected chi connectivity index (χ0v) is 8.74. The van der Waals surface area contributed by atoms with Crippen molar-refractivity contribution in [2.24, 2.45) is 0 Å². The molecule has 0 spiro atoms.